The minimum absolute atomic E-state index is 0.119. The Hall–Kier alpha value is -1.58. The molecule has 2 rings (SSSR count). The van der Waals surface area contributed by atoms with Crippen molar-refractivity contribution in [2.24, 2.45) is 5.92 Å². The van der Waals surface area contributed by atoms with E-state index in [1.54, 1.807) is 12.1 Å². The fraction of sp³-hybridized carbons (Fsp3) is 0.308. The highest BCUT2D eigenvalue weighted by Crippen LogP contribution is 2.49. The average molecular weight is 240 g/mol. The summed E-state index contributed by atoms with van der Waals surface area (Å²) in [6, 6.07) is 5.40. The van der Waals surface area contributed by atoms with Crippen LogP contribution in [0.15, 0.2) is 36.4 Å². The van der Waals surface area contributed by atoms with Gasteiger partial charge in [0.2, 0.25) is 0 Å². The molecular formula is C13H11F3O. The van der Waals surface area contributed by atoms with Crippen LogP contribution in [0.25, 0.3) is 0 Å². The molecule has 90 valence electrons. The highest BCUT2D eigenvalue weighted by Gasteiger charge is 2.38. The highest BCUT2D eigenvalue weighted by atomic mass is 19.4. The first-order valence-electron chi connectivity index (χ1n) is 5.31. The molecule has 1 saturated carbocycles. The molecule has 0 aromatic heterocycles. The summed E-state index contributed by atoms with van der Waals surface area (Å²) in [4.78, 5) is 10.1. The van der Waals surface area contributed by atoms with Gasteiger partial charge in [-0.1, -0.05) is 24.3 Å². The van der Waals surface area contributed by atoms with Gasteiger partial charge in [-0.2, -0.15) is 13.2 Å². The van der Waals surface area contributed by atoms with Crippen molar-refractivity contribution < 1.29 is 18.0 Å². The van der Waals surface area contributed by atoms with E-state index in [1.165, 1.54) is 18.2 Å². The predicted molar refractivity (Wildman–Crippen MR) is 57.5 cm³/mol. The Kier molecular flexibility index (Phi) is 3.05. The predicted octanol–water partition coefficient (Wildman–Crippen LogP) is 3.56. The Morgan fingerprint density at radius 3 is 2.71 bits per heavy atom. The minimum atomic E-state index is -4.29. The molecule has 17 heavy (non-hydrogen) atoms. The van der Waals surface area contributed by atoms with Crippen LogP contribution in [0.1, 0.15) is 23.5 Å². The number of hydrogen-bond acceptors (Lipinski definition) is 1. The first-order chi connectivity index (χ1) is 8.02. The normalized spacial score (nSPS) is 23.9. The molecule has 4 heteroatoms. The molecule has 1 nitrogen and oxygen atoms in total. The molecule has 0 saturated heterocycles. The van der Waals surface area contributed by atoms with Gasteiger partial charge in [0.15, 0.2) is 0 Å². The van der Waals surface area contributed by atoms with Crippen LogP contribution in [0.4, 0.5) is 13.2 Å². The van der Waals surface area contributed by atoms with E-state index < -0.39 is 11.7 Å². The molecule has 1 aromatic rings. The molecule has 2 unspecified atom stereocenters. The summed E-state index contributed by atoms with van der Waals surface area (Å²) in [6.07, 6.45) is 0.350. The van der Waals surface area contributed by atoms with Gasteiger partial charge in [0.05, 0.1) is 5.56 Å². The Balaban J connectivity index is 2.14. The lowest BCUT2D eigenvalue weighted by molar-refractivity contribution is -0.137. The first kappa shape index (κ1) is 11.9. The van der Waals surface area contributed by atoms with E-state index in [0.29, 0.717) is 11.8 Å². The van der Waals surface area contributed by atoms with Crippen molar-refractivity contribution in [3.8, 4) is 0 Å². The maximum Gasteiger partial charge on any atom is 0.416 e. The average Bonchev–Trinajstić information content (AvgIpc) is 3.05. The van der Waals surface area contributed by atoms with E-state index in [-0.39, 0.29) is 11.8 Å². The molecule has 1 aromatic carbocycles. The van der Waals surface area contributed by atoms with Gasteiger partial charge in [0.25, 0.3) is 0 Å². The fourth-order valence-electron chi connectivity index (χ4n) is 1.94. The fourth-order valence-corrected chi connectivity index (χ4v) is 1.94. The lowest BCUT2D eigenvalue weighted by atomic mass is 10.1. The van der Waals surface area contributed by atoms with E-state index in [4.69, 9.17) is 0 Å². The number of benzene rings is 1. The second kappa shape index (κ2) is 4.35. The van der Waals surface area contributed by atoms with Crippen molar-refractivity contribution in [3.63, 3.8) is 0 Å². The van der Waals surface area contributed by atoms with Crippen molar-refractivity contribution in [1.29, 1.82) is 0 Å². The van der Waals surface area contributed by atoms with Gasteiger partial charge in [0.1, 0.15) is 6.29 Å². The summed E-state index contributed by atoms with van der Waals surface area (Å²) in [5, 5.41) is 0. The van der Waals surface area contributed by atoms with E-state index in [0.717, 1.165) is 12.5 Å². The third-order valence-electron chi connectivity index (χ3n) is 2.92. The number of rotatable bonds is 3. The van der Waals surface area contributed by atoms with Gasteiger partial charge in [0, 0.05) is 0 Å². The van der Waals surface area contributed by atoms with Crippen LogP contribution in [-0.2, 0) is 11.0 Å². The monoisotopic (exact) mass is 240 g/mol. The van der Waals surface area contributed by atoms with Gasteiger partial charge >= 0.3 is 6.18 Å². The van der Waals surface area contributed by atoms with E-state index >= 15 is 0 Å². The van der Waals surface area contributed by atoms with E-state index in [1.807, 2.05) is 0 Å². The van der Waals surface area contributed by atoms with Crippen LogP contribution < -0.4 is 0 Å². The highest BCUT2D eigenvalue weighted by molar-refractivity contribution is 5.65. The van der Waals surface area contributed by atoms with Gasteiger partial charge in [-0.25, -0.2) is 0 Å². The molecule has 1 aliphatic carbocycles. The number of halogens is 3. The zero-order valence-electron chi connectivity index (χ0n) is 8.95. The number of hydrogen-bond donors (Lipinski definition) is 0. The molecule has 0 spiro atoms. The Bertz CT molecular complexity index is 448. The van der Waals surface area contributed by atoms with Gasteiger partial charge in [-0.3, -0.25) is 4.79 Å². The van der Waals surface area contributed by atoms with Gasteiger partial charge < -0.3 is 0 Å². The molecule has 1 aliphatic rings. The molecule has 0 N–H and O–H groups in total. The SMILES string of the molecule is O=C/C=C\C1CC1c1cccc(C(F)(F)F)c1. The first-order valence-corrected chi connectivity index (χ1v) is 5.31. The van der Waals surface area contributed by atoms with Gasteiger partial charge in [-0.05, 0) is 36.0 Å². The van der Waals surface area contributed by atoms with Crippen LogP contribution in [0.2, 0.25) is 0 Å². The standard InChI is InChI=1S/C13H11F3O/c14-13(15,16)11-5-1-3-9(7-11)12-8-10(12)4-2-6-17/h1-7,10,12H,8H2/b4-2-. The zero-order chi connectivity index (χ0) is 12.5. The summed E-state index contributed by atoms with van der Waals surface area (Å²) in [5.41, 5.74) is 0.0837. The summed E-state index contributed by atoms with van der Waals surface area (Å²) in [6.45, 7) is 0. The Morgan fingerprint density at radius 1 is 1.29 bits per heavy atom. The largest absolute Gasteiger partial charge is 0.416 e. The maximum absolute atomic E-state index is 12.5. The number of carbonyl (C=O) groups excluding carboxylic acids is 1. The number of allylic oxidation sites excluding steroid dienone is 2. The molecular weight excluding hydrogens is 229 g/mol. The maximum atomic E-state index is 12.5. The summed E-state index contributed by atoms with van der Waals surface area (Å²) in [5.74, 6) is 0.317. The van der Waals surface area contributed by atoms with Crippen LogP contribution in [0, 0.1) is 5.92 Å². The van der Waals surface area contributed by atoms with Crippen molar-refractivity contribution >= 4 is 6.29 Å². The van der Waals surface area contributed by atoms with E-state index in [2.05, 4.69) is 0 Å². The zero-order valence-corrected chi connectivity index (χ0v) is 8.95. The molecule has 0 amide bonds. The van der Waals surface area contributed by atoms with Crippen LogP contribution >= 0.6 is 0 Å². The second-order valence-electron chi connectivity index (χ2n) is 4.15. The lowest BCUT2D eigenvalue weighted by Gasteiger charge is -2.08. The quantitative estimate of drug-likeness (QED) is 0.583. The third-order valence-corrected chi connectivity index (χ3v) is 2.92. The number of aldehydes is 1. The molecule has 0 bridgehead atoms. The second-order valence-corrected chi connectivity index (χ2v) is 4.15. The van der Waals surface area contributed by atoms with Crippen molar-refractivity contribution in [2.75, 3.05) is 0 Å². The summed E-state index contributed by atoms with van der Waals surface area (Å²) < 4.78 is 37.5. The van der Waals surface area contributed by atoms with Gasteiger partial charge in [-0.15, -0.1) is 0 Å². The van der Waals surface area contributed by atoms with Crippen LogP contribution in [0.5, 0.6) is 0 Å². The number of carbonyl (C=O) groups is 1. The molecule has 0 heterocycles. The minimum Gasteiger partial charge on any atom is -0.299 e. The molecule has 1 fully saturated rings. The summed E-state index contributed by atoms with van der Waals surface area (Å²) >= 11 is 0. The van der Waals surface area contributed by atoms with Crippen LogP contribution in [-0.4, -0.2) is 6.29 Å². The summed E-state index contributed by atoms with van der Waals surface area (Å²) in [7, 11) is 0. The van der Waals surface area contributed by atoms with E-state index in [9.17, 15) is 18.0 Å². The van der Waals surface area contributed by atoms with Crippen molar-refractivity contribution in [1.82, 2.24) is 0 Å². The topological polar surface area (TPSA) is 17.1 Å². The number of alkyl halides is 3. The molecule has 0 radical (unpaired) electrons. The van der Waals surface area contributed by atoms with Crippen molar-refractivity contribution in [2.45, 2.75) is 18.5 Å². The van der Waals surface area contributed by atoms with Crippen LogP contribution in [0.3, 0.4) is 0 Å². The Morgan fingerprint density at radius 2 is 2.06 bits per heavy atom. The molecule has 0 aliphatic heterocycles. The lowest BCUT2D eigenvalue weighted by Crippen LogP contribution is -2.05. The molecule has 2 atom stereocenters. The third kappa shape index (κ3) is 2.75. The Labute approximate surface area is 96.9 Å². The van der Waals surface area contributed by atoms with Crippen molar-refractivity contribution in [3.05, 3.63) is 47.5 Å². The smallest absolute Gasteiger partial charge is 0.299 e.